The zero-order chi connectivity index (χ0) is 40.3. The molecule has 0 unspecified atom stereocenters. The van der Waals surface area contributed by atoms with Gasteiger partial charge in [0.2, 0.25) is 0 Å². The summed E-state index contributed by atoms with van der Waals surface area (Å²) < 4.78 is 7.36. The van der Waals surface area contributed by atoms with Crippen molar-refractivity contribution in [3.05, 3.63) is 259 Å². The fraction of sp³-hybridized carbons (Fsp3) is 0.0169. The van der Waals surface area contributed by atoms with E-state index in [0.29, 0.717) is 0 Å². The van der Waals surface area contributed by atoms with Gasteiger partial charge in [-0.3, -0.25) is 0 Å². The topological polar surface area (TPSA) is 16.4 Å². The Morgan fingerprint density at radius 1 is 0.328 bits per heavy atom. The Hall–Kier alpha value is -7.94. The van der Waals surface area contributed by atoms with Crippen molar-refractivity contribution >= 4 is 49.8 Å². The number of hydrogen-bond acceptors (Lipinski definition) is 2. The fourth-order valence-electron chi connectivity index (χ4n) is 10.1. The van der Waals surface area contributed by atoms with Crippen LogP contribution in [0.5, 0.6) is 0 Å². The normalized spacial score (nSPS) is 12.7. The van der Waals surface area contributed by atoms with Crippen LogP contribution in [-0.4, -0.2) is 0 Å². The number of anilines is 3. The third kappa shape index (κ3) is 5.43. The molecule has 1 aromatic heterocycles. The van der Waals surface area contributed by atoms with Gasteiger partial charge in [-0.25, -0.2) is 0 Å². The van der Waals surface area contributed by atoms with Gasteiger partial charge >= 0.3 is 0 Å². The average Bonchev–Trinajstić information content (AvgIpc) is 3.87. The van der Waals surface area contributed by atoms with Crippen LogP contribution in [0.3, 0.4) is 0 Å². The number of hydrogen-bond donors (Lipinski definition) is 0. The van der Waals surface area contributed by atoms with Crippen molar-refractivity contribution < 1.29 is 4.42 Å². The highest BCUT2D eigenvalue weighted by Crippen LogP contribution is 2.59. The Kier molecular flexibility index (Phi) is 8.11. The van der Waals surface area contributed by atoms with Crippen LogP contribution in [0.2, 0.25) is 0 Å². The Labute approximate surface area is 355 Å². The minimum atomic E-state index is -0.511. The van der Waals surface area contributed by atoms with Crippen LogP contribution in [0.25, 0.3) is 66.1 Å². The fourth-order valence-corrected chi connectivity index (χ4v) is 10.1. The molecule has 0 radical (unpaired) electrons. The number of benzene rings is 10. The smallest absolute Gasteiger partial charge is 0.159 e. The van der Waals surface area contributed by atoms with Gasteiger partial charge in [-0.1, -0.05) is 206 Å². The van der Waals surface area contributed by atoms with Crippen molar-refractivity contribution in [2.45, 2.75) is 5.41 Å². The monoisotopic (exact) mass is 777 g/mol. The van der Waals surface area contributed by atoms with Crippen LogP contribution < -0.4 is 4.90 Å². The van der Waals surface area contributed by atoms with Crippen LogP contribution >= 0.6 is 0 Å². The van der Waals surface area contributed by atoms with Gasteiger partial charge in [0.15, 0.2) is 5.58 Å². The van der Waals surface area contributed by atoms with Gasteiger partial charge < -0.3 is 9.32 Å². The van der Waals surface area contributed by atoms with Crippen molar-refractivity contribution in [1.82, 2.24) is 0 Å². The zero-order valence-electron chi connectivity index (χ0n) is 33.4. The molecule has 0 bridgehead atoms. The molecule has 61 heavy (non-hydrogen) atoms. The molecule has 0 atom stereocenters. The summed E-state index contributed by atoms with van der Waals surface area (Å²) in [5.74, 6) is 0. The second kappa shape index (κ2) is 14.1. The number of furan rings is 1. The van der Waals surface area contributed by atoms with E-state index in [-0.39, 0.29) is 0 Å². The van der Waals surface area contributed by atoms with Gasteiger partial charge in [0.05, 0.1) is 11.1 Å². The summed E-state index contributed by atoms with van der Waals surface area (Å²) in [5, 5.41) is 4.67. The van der Waals surface area contributed by atoms with E-state index in [9.17, 15) is 0 Å². The maximum atomic E-state index is 7.36. The molecule has 1 aliphatic carbocycles. The largest absolute Gasteiger partial charge is 0.453 e. The molecule has 12 rings (SSSR count). The van der Waals surface area contributed by atoms with Crippen molar-refractivity contribution in [2.75, 3.05) is 4.90 Å². The number of rotatable bonds is 7. The third-order valence-electron chi connectivity index (χ3n) is 12.8. The lowest BCUT2D eigenvalue weighted by atomic mass is 9.68. The highest BCUT2D eigenvalue weighted by atomic mass is 16.3. The molecule has 11 aromatic rings. The van der Waals surface area contributed by atoms with Crippen LogP contribution in [0.15, 0.2) is 241 Å². The standard InChI is InChI=1S/C59H39NO/c1-4-16-40(17-5-1)41-30-34-46(35-31-41)60(47-36-32-43(33-37-47)49-26-14-19-42-18-10-11-24-48(42)49)55-29-15-27-50-51-38-39-54-56(58(51)61-57(50)55)52-25-12-13-28-53(52)59(54,44-20-6-2-7-21-44)45-22-8-3-9-23-45/h1-39H. The van der Waals surface area contributed by atoms with E-state index >= 15 is 0 Å². The Balaban J connectivity index is 1.08. The third-order valence-corrected chi connectivity index (χ3v) is 12.8. The van der Waals surface area contributed by atoms with Gasteiger partial charge in [-0.2, -0.15) is 0 Å². The summed E-state index contributed by atoms with van der Waals surface area (Å²) in [5.41, 5.74) is 16.4. The summed E-state index contributed by atoms with van der Waals surface area (Å²) in [6.45, 7) is 0. The lowest BCUT2D eigenvalue weighted by Gasteiger charge is -2.33. The van der Waals surface area contributed by atoms with Gasteiger partial charge in [0.25, 0.3) is 0 Å². The number of fused-ring (bicyclic) bond motifs is 8. The first-order valence-corrected chi connectivity index (χ1v) is 21.0. The molecule has 286 valence electrons. The van der Waals surface area contributed by atoms with E-state index in [1.165, 1.54) is 60.8 Å². The van der Waals surface area contributed by atoms with Crippen LogP contribution in [0.1, 0.15) is 22.3 Å². The highest BCUT2D eigenvalue weighted by Gasteiger charge is 2.47. The lowest BCUT2D eigenvalue weighted by Crippen LogP contribution is -2.28. The molecule has 10 aromatic carbocycles. The van der Waals surface area contributed by atoms with Gasteiger partial charge in [-0.05, 0) is 91.2 Å². The molecule has 2 heteroatoms. The average molecular weight is 778 g/mol. The molecule has 0 saturated heterocycles. The van der Waals surface area contributed by atoms with E-state index in [4.69, 9.17) is 4.42 Å². The predicted octanol–water partition coefficient (Wildman–Crippen LogP) is 15.9. The predicted molar refractivity (Wildman–Crippen MR) is 254 cm³/mol. The second-order valence-corrected chi connectivity index (χ2v) is 16.0. The quantitative estimate of drug-likeness (QED) is 0.160. The van der Waals surface area contributed by atoms with E-state index in [0.717, 1.165) is 44.6 Å². The summed E-state index contributed by atoms with van der Waals surface area (Å²) in [4.78, 5) is 2.35. The molecule has 0 saturated carbocycles. The van der Waals surface area contributed by atoms with Crippen LogP contribution in [0, 0.1) is 0 Å². The van der Waals surface area contributed by atoms with E-state index < -0.39 is 5.41 Å². The maximum Gasteiger partial charge on any atom is 0.159 e. The molecule has 0 spiro atoms. The number of nitrogens with zero attached hydrogens (tertiary/aromatic N) is 1. The van der Waals surface area contributed by atoms with E-state index in [1.807, 2.05) is 0 Å². The summed E-state index contributed by atoms with van der Waals surface area (Å²) in [6.07, 6.45) is 0. The summed E-state index contributed by atoms with van der Waals surface area (Å²) >= 11 is 0. The molecule has 0 amide bonds. The highest BCUT2D eigenvalue weighted by molar-refractivity contribution is 6.15. The Bertz CT molecular complexity index is 3340. The number of para-hydroxylation sites is 1. The van der Waals surface area contributed by atoms with Crippen molar-refractivity contribution in [1.29, 1.82) is 0 Å². The SMILES string of the molecule is c1ccc(-c2ccc(N(c3ccc(-c4cccc5ccccc45)cc3)c3cccc4c3oc3c5c(ccc34)C(c3ccccc3)(c3ccccc3)c3ccccc3-5)cc2)cc1. The summed E-state index contributed by atoms with van der Waals surface area (Å²) in [6, 6.07) is 85.6. The van der Waals surface area contributed by atoms with Gasteiger partial charge in [0, 0.05) is 27.7 Å². The minimum Gasteiger partial charge on any atom is -0.453 e. The Morgan fingerprint density at radius 3 is 1.57 bits per heavy atom. The molecule has 0 N–H and O–H groups in total. The van der Waals surface area contributed by atoms with Crippen LogP contribution in [-0.2, 0) is 5.41 Å². The first kappa shape index (κ1) is 35.0. The molecule has 1 aliphatic rings. The summed E-state index contributed by atoms with van der Waals surface area (Å²) in [7, 11) is 0. The van der Waals surface area contributed by atoms with Crippen LogP contribution in [0.4, 0.5) is 17.1 Å². The van der Waals surface area contributed by atoms with Crippen molar-refractivity contribution in [2.24, 2.45) is 0 Å². The van der Waals surface area contributed by atoms with E-state index in [2.05, 4.69) is 241 Å². The molecular formula is C59H39NO. The van der Waals surface area contributed by atoms with Gasteiger partial charge in [-0.15, -0.1) is 0 Å². The second-order valence-electron chi connectivity index (χ2n) is 16.0. The molecule has 2 nitrogen and oxygen atoms in total. The van der Waals surface area contributed by atoms with E-state index in [1.54, 1.807) is 0 Å². The zero-order valence-corrected chi connectivity index (χ0v) is 33.4. The first-order chi connectivity index (χ1) is 30.3. The van der Waals surface area contributed by atoms with Gasteiger partial charge in [0.1, 0.15) is 5.58 Å². The molecular weight excluding hydrogens is 739 g/mol. The lowest BCUT2D eigenvalue weighted by molar-refractivity contribution is 0.669. The van der Waals surface area contributed by atoms with Crippen molar-refractivity contribution in [3.63, 3.8) is 0 Å². The first-order valence-electron chi connectivity index (χ1n) is 21.0. The Morgan fingerprint density at radius 2 is 0.852 bits per heavy atom. The minimum absolute atomic E-state index is 0.511. The molecule has 0 aliphatic heterocycles. The molecule has 0 fully saturated rings. The molecule has 1 heterocycles. The van der Waals surface area contributed by atoms with Crippen molar-refractivity contribution in [3.8, 4) is 33.4 Å². The maximum absolute atomic E-state index is 7.36.